The van der Waals surface area contributed by atoms with Crippen LogP contribution in [-0.2, 0) is 9.53 Å². The van der Waals surface area contributed by atoms with Crippen molar-refractivity contribution in [2.45, 2.75) is 0 Å². The van der Waals surface area contributed by atoms with Gasteiger partial charge in [0.15, 0.2) is 6.61 Å². The van der Waals surface area contributed by atoms with Crippen molar-refractivity contribution in [3.63, 3.8) is 0 Å². The number of amides is 1. The van der Waals surface area contributed by atoms with E-state index in [0.717, 1.165) is 0 Å². The Morgan fingerprint density at radius 1 is 1.39 bits per heavy atom. The van der Waals surface area contributed by atoms with E-state index in [4.69, 9.17) is 32.7 Å². The minimum Gasteiger partial charge on any atom is -0.482 e. The standard InChI is InChI=1S/C12H13Cl2NO3/c13-3-5-17-6-4-15-10-7-9(14)1-2-11(10)18-8-12(15)16/h1-2,7H,3-6,8H2. The fourth-order valence-corrected chi connectivity index (χ4v) is 2.01. The summed E-state index contributed by atoms with van der Waals surface area (Å²) in [7, 11) is 0. The first-order valence-electron chi connectivity index (χ1n) is 5.59. The second-order valence-electron chi connectivity index (χ2n) is 3.75. The molecule has 1 aliphatic rings. The number of hydrogen-bond donors (Lipinski definition) is 0. The van der Waals surface area contributed by atoms with Crippen molar-refractivity contribution >= 4 is 34.8 Å². The van der Waals surface area contributed by atoms with Gasteiger partial charge in [-0.3, -0.25) is 4.79 Å². The van der Waals surface area contributed by atoms with Gasteiger partial charge in [0.05, 0.1) is 18.9 Å². The highest BCUT2D eigenvalue weighted by Crippen LogP contribution is 2.34. The third-order valence-corrected chi connectivity index (χ3v) is 2.93. The molecule has 1 aromatic rings. The summed E-state index contributed by atoms with van der Waals surface area (Å²) in [5.41, 5.74) is 0.688. The van der Waals surface area contributed by atoms with Crippen molar-refractivity contribution in [3.8, 4) is 5.75 Å². The Morgan fingerprint density at radius 2 is 2.22 bits per heavy atom. The van der Waals surface area contributed by atoms with Gasteiger partial charge < -0.3 is 14.4 Å². The number of halogens is 2. The highest BCUT2D eigenvalue weighted by Gasteiger charge is 2.25. The second kappa shape index (κ2) is 6.27. The number of benzene rings is 1. The maximum Gasteiger partial charge on any atom is 0.265 e. The van der Waals surface area contributed by atoms with E-state index < -0.39 is 0 Å². The summed E-state index contributed by atoms with van der Waals surface area (Å²) in [5, 5.41) is 0.568. The van der Waals surface area contributed by atoms with Crippen LogP contribution in [0.3, 0.4) is 0 Å². The Hall–Kier alpha value is -0.970. The lowest BCUT2D eigenvalue weighted by Gasteiger charge is -2.29. The Labute approximate surface area is 115 Å². The molecule has 98 valence electrons. The quantitative estimate of drug-likeness (QED) is 0.617. The van der Waals surface area contributed by atoms with Gasteiger partial charge in [-0.2, -0.15) is 0 Å². The third kappa shape index (κ3) is 3.07. The maximum absolute atomic E-state index is 11.8. The molecule has 0 bridgehead atoms. The highest BCUT2D eigenvalue weighted by molar-refractivity contribution is 6.31. The lowest BCUT2D eigenvalue weighted by Crippen LogP contribution is -2.40. The van der Waals surface area contributed by atoms with Crippen molar-refractivity contribution in [1.82, 2.24) is 0 Å². The normalized spacial score (nSPS) is 14.3. The fourth-order valence-electron chi connectivity index (χ4n) is 1.73. The molecule has 4 nitrogen and oxygen atoms in total. The van der Waals surface area contributed by atoms with Crippen molar-refractivity contribution < 1.29 is 14.3 Å². The van der Waals surface area contributed by atoms with E-state index in [1.54, 1.807) is 23.1 Å². The van der Waals surface area contributed by atoms with Crippen LogP contribution in [0.25, 0.3) is 0 Å². The van der Waals surface area contributed by atoms with Crippen LogP contribution in [0.4, 0.5) is 5.69 Å². The minimum absolute atomic E-state index is 0.0458. The molecule has 0 atom stereocenters. The molecule has 0 fully saturated rings. The number of carbonyl (C=O) groups is 1. The number of carbonyl (C=O) groups excluding carboxylic acids is 1. The topological polar surface area (TPSA) is 38.8 Å². The largest absolute Gasteiger partial charge is 0.482 e. The molecule has 0 spiro atoms. The molecule has 1 amide bonds. The number of anilines is 1. The van der Waals surface area contributed by atoms with Crippen LogP contribution in [0.1, 0.15) is 0 Å². The van der Waals surface area contributed by atoms with E-state index >= 15 is 0 Å². The summed E-state index contributed by atoms with van der Waals surface area (Å²) >= 11 is 11.4. The molecule has 0 unspecified atom stereocenters. The molecule has 2 rings (SSSR count). The SMILES string of the molecule is O=C1COc2ccc(Cl)cc2N1CCOCCCl. The Kier molecular flexibility index (Phi) is 4.69. The van der Waals surface area contributed by atoms with Crippen molar-refractivity contribution in [3.05, 3.63) is 23.2 Å². The fraction of sp³-hybridized carbons (Fsp3) is 0.417. The van der Waals surface area contributed by atoms with Crippen LogP contribution < -0.4 is 9.64 Å². The molecule has 0 aliphatic carbocycles. The summed E-state index contributed by atoms with van der Waals surface area (Å²) in [4.78, 5) is 13.4. The van der Waals surface area contributed by atoms with Crippen LogP contribution in [0.5, 0.6) is 5.75 Å². The van der Waals surface area contributed by atoms with E-state index in [9.17, 15) is 4.79 Å². The molecule has 18 heavy (non-hydrogen) atoms. The summed E-state index contributed by atoms with van der Waals surface area (Å²) in [6.07, 6.45) is 0. The molecule has 6 heteroatoms. The van der Waals surface area contributed by atoms with Crippen molar-refractivity contribution in [2.75, 3.05) is 37.1 Å². The Morgan fingerprint density at radius 3 is 3.00 bits per heavy atom. The van der Waals surface area contributed by atoms with E-state index in [1.807, 2.05) is 0 Å². The second-order valence-corrected chi connectivity index (χ2v) is 4.56. The first-order valence-corrected chi connectivity index (χ1v) is 6.50. The maximum atomic E-state index is 11.8. The van der Waals surface area contributed by atoms with Gasteiger partial charge in [0.25, 0.3) is 5.91 Å². The average molecular weight is 290 g/mol. The van der Waals surface area contributed by atoms with Crippen LogP contribution in [0, 0.1) is 0 Å². The molecule has 1 aromatic carbocycles. The summed E-state index contributed by atoms with van der Waals surface area (Å²) in [6, 6.07) is 5.21. The number of fused-ring (bicyclic) bond motifs is 1. The summed E-state index contributed by atoms with van der Waals surface area (Å²) < 4.78 is 10.6. The molecule has 0 N–H and O–H groups in total. The smallest absolute Gasteiger partial charge is 0.265 e. The predicted octanol–water partition coefficient (Wildman–Crippen LogP) is 2.32. The van der Waals surface area contributed by atoms with Gasteiger partial charge in [0.1, 0.15) is 5.75 Å². The van der Waals surface area contributed by atoms with E-state index in [0.29, 0.717) is 42.1 Å². The first kappa shape index (κ1) is 13.5. The monoisotopic (exact) mass is 289 g/mol. The van der Waals surface area contributed by atoms with Gasteiger partial charge in [-0.15, -0.1) is 11.6 Å². The number of hydrogen-bond acceptors (Lipinski definition) is 3. The van der Waals surface area contributed by atoms with Crippen molar-refractivity contribution in [1.29, 1.82) is 0 Å². The molecule has 1 aliphatic heterocycles. The molecular formula is C12H13Cl2NO3. The molecule has 0 radical (unpaired) electrons. The lowest BCUT2D eigenvalue weighted by molar-refractivity contribution is -0.121. The van der Waals surface area contributed by atoms with Crippen LogP contribution in [0.15, 0.2) is 18.2 Å². The van der Waals surface area contributed by atoms with Crippen LogP contribution in [-0.4, -0.2) is 38.2 Å². The van der Waals surface area contributed by atoms with Crippen LogP contribution >= 0.6 is 23.2 Å². The Balaban J connectivity index is 2.09. The zero-order chi connectivity index (χ0) is 13.0. The van der Waals surface area contributed by atoms with Gasteiger partial charge >= 0.3 is 0 Å². The summed E-state index contributed by atoms with van der Waals surface area (Å²) in [6.45, 7) is 1.42. The number of ether oxygens (including phenoxy) is 2. The zero-order valence-corrected chi connectivity index (χ0v) is 11.2. The van der Waals surface area contributed by atoms with E-state index in [-0.39, 0.29) is 12.5 Å². The van der Waals surface area contributed by atoms with E-state index in [2.05, 4.69) is 0 Å². The van der Waals surface area contributed by atoms with Gasteiger partial charge in [0.2, 0.25) is 0 Å². The Bertz CT molecular complexity index is 439. The third-order valence-electron chi connectivity index (χ3n) is 2.54. The van der Waals surface area contributed by atoms with Gasteiger partial charge in [-0.1, -0.05) is 11.6 Å². The van der Waals surface area contributed by atoms with E-state index in [1.165, 1.54) is 0 Å². The molecular weight excluding hydrogens is 277 g/mol. The lowest BCUT2D eigenvalue weighted by atomic mass is 10.2. The molecule has 1 heterocycles. The number of rotatable bonds is 5. The molecule has 0 aromatic heterocycles. The van der Waals surface area contributed by atoms with Crippen molar-refractivity contribution in [2.24, 2.45) is 0 Å². The van der Waals surface area contributed by atoms with Gasteiger partial charge in [0, 0.05) is 17.4 Å². The number of nitrogens with zero attached hydrogens (tertiary/aromatic N) is 1. The minimum atomic E-state index is -0.0979. The first-order chi connectivity index (χ1) is 8.72. The zero-order valence-electron chi connectivity index (χ0n) is 9.70. The van der Waals surface area contributed by atoms with Gasteiger partial charge in [-0.25, -0.2) is 0 Å². The van der Waals surface area contributed by atoms with Crippen LogP contribution in [0.2, 0.25) is 5.02 Å². The predicted molar refractivity (Wildman–Crippen MR) is 70.8 cm³/mol. The average Bonchev–Trinajstić information content (AvgIpc) is 2.36. The molecule has 0 saturated carbocycles. The number of alkyl halides is 1. The van der Waals surface area contributed by atoms with Gasteiger partial charge in [-0.05, 0) is 18.2 Å². The highest BCUT2D eigenvalue weighted by atomic mass is 35.5. The molecule has 0 saturated heterocycles. The summed E-state index contributed by atoms with van der Waals surface area (Å²) in [5.74, 6) is 1.01.